The van der Waals surface area contributed by atoms with Gasteiger partial charge in [0.15, 0.2) is 0 Å². The molecule has 0 aromatic heterocycles. The smallest absolute Gasteiger partial charge is 0.417 e. The first kappa shape index (κ1) is 15.4. The van der Waals surface area contributed by atoms with Gasteiger partial charge in [-0.2, -0.15) is 13.2 Å². The highest BCUT2D eigenvalue weighted by molar-refractivity contribution is 7.99. The molecule has 2 aromatic rings. The number of alkyl halides is 3. The van der Waals surface area contributed by atoms with E-state index in [0.717, 1.165) is 17.8 Å². The number of halogens is 3. The second-order valence-electron chi connectivity index (χ2n) is 4.31. The number of hydrogen-bond donors (Lipinski definition) is 1. The van der Waals surface area contributed by atoms with Gasteiger partial charge in [-0.3, -0.25) is 4.79 Å². The van der Waals surface area contributed by atoms with E-state index in [0.29, 0.717) is 10.5 Å². The molecule has 1 N–H and O–H groups in total. The van der Waals surface area contributed by atoms with Crippen LogP contribution in [0.3, 0.4) is 0 Å². The van der Waals surface area contributed by atoms with E-state index in [-0.39, 0.29) is 11.3 Å². The van der Waals surface area contributed by atoms with E-state index in [1.165, 1.54) is 12.1 Å². The van der Waals surface area contributed by atoms with Crippen molar-refractivity contribution in [2.45, 2.75) is 22.4 Å². The van der Waals surface area contributed by atoms with Gasteiger partial charge in [-0.1, -0.05) is 36.0 Å². The number of carboxylic acids is 1. The summed E-state index contributed by atoms with van der Waals surface area (Å²) in [5.74, 6) is -0.946. The quantitative estimate of drug-likeness (QED) is 0.904. The Morgan fingerprint density at radius 3 is 2.24 bits per heavy atom. The minimum atomic E-state index is -4.40. The molecule has 0 unspecified atom stereocenters. The van der Waals surface area contributed by atoms with Crippen LogP contribution in [0.2, 0.25) is 0 Å². The Bertz CT molecular complexity index is 636. The molecule has 2 nitrogen and oxygen atoms in total. The van der Waals surface area contributed by atoms with Crippen molar-refractivity contribution >= 4 is 17.7 Å². The van der Waals surface area contributed by atoms with Crippen LogP contribution in [0.1, 0.15) is 11.1 Å². The van der Waals surface area contributed by atoms with Crippen molar-refractivity contribution in [3.8, 4) is 0 Å². The van der Waals surface area contributed by atoms with Crippen molar-refractivity contribution in [2.24, 2.45) is 0 Å². The van der Waals surface area contributed by atoms with Gasteiger partial charge < -0.3 is 5.11 Å². The maximum atomic E-state index is 12.9. The molecule has 0 radical (unpaired) electrons. The number of hydrogen-bond acceptors (Lipinski definition) is 2. The van der Waals surface area contributed by atoms with Crippen LogP contribution in [-0.2, 0) is 17.4 Å². The highest BCUT2D eigenvalue weighted by Crippen LogP contribution is 2.39. The van der Waals surface area contributed by atoms with Gasteiger partial charge in [0.1, 0.15) is 0 Å². The van der Waals surface area contributed by atoms with Gasteiger partial charge in [0.2, 0.25) is 0 Å². The van der Waals surface area contributed by atoms with E-state index in [2.05, 4.69) is 0 Å². The number of rotatable bonds is 4. The first-order chi connectivity index (χ1) is 9.86. The minimum absolute atomic E-state index is 0.107. The molecule has 110 valence electrons. The van der Waals surface area contributed by atoms with Crippen molar-refractivity contribution < 1.29 is 23.1 Å². The van der Waals surface area contributed by atoms with Crippen molar-refractivity contribution in [2.75, 3.05) is 0 Å². The van der Waals surface area contributed by atoms with Crippen LogP contribution >= 0.6 is 11.8 Å². The van der Waals surface area contributed by atoms with Gasteiger partial charge in [-0.05, 0) is 29.8 Å². The molecule has 0 aliphatic heterocycles. The maximum Gasteiger partial charge on any atom is 0.417 e. The van der Waals surface area contributed by atoms with E-state index in [4.69, 9.17) is 5.11 Å². The number of aliphatic carboxylic acids is 1. The molecule has 0 aliphatic rings. The highest BCUT2D eigenvalue weighted by Gasteiger charge is 2.33. The van der Waals surface area contributed by atoms with Gasteiger partial charge in [0.25, 0.3) is 0 Å². The fourth-order valence-electron chi connectivity index (χ4n) is 1.77. The van der Waals surface area contributed by atoms with E-state index >= 15 is 0 Å². The molecular weight excluding hydrogens is 301 g/mol. The van der Waals surface area contributed by atoms with Crippen LogP contribution in [0.5, 0.6) is 0 Å². The Kier molecular flexibility index (Phi) is 4.57. The molecule has 2 aromatic carbocycles. The topological polar surface area (TPSA) is 37.3 Å². The molecule has 0 aliphatic carbocycles. The molecule has 2 rings (SSSR count). The average Bonchev–Trinajstić information content (AvgIpc) is 2.40. The van der Waals surface area contributed by atoms with E-state index in [1.54, 1.807) is 30.3 Å². The van der Waals surface area contributed by atoms with Crippen LogP contribution in [0.25, 0.3) is 0 Å². The third kappa shape index (κ3) is 4.26. The first-order valence-electron chi connectivity index (χ1n) is 6.01. The third-order valence-corrected chi connectivity index (χ3v) is 3.78. The van der Waals surface area contributed by atoms with Crippen molar-refractivity contribution in [3.05, 3.63) is 59.7 Å². The SMILES string of the molecule is O=C(O)Cc1ccc(Sc2ccccc2C(F)(F)F)cc1. The fourth-order valence-corrected chi connectivity index (χ4v) is 2.73. The van der Waals surface area contributed by atoms with Crippen molar-refractivity contribution in [1.82, 2.24) is 0 Å². The lowest BCUT2D eigenvalue weighted by Crippen LogP contribution is -2.06. The number of carbonyl (C=O) groups is 1. The summed E-state index contributed by atoms with van der Waals surface area (Å²) in [5, 5.41) is 8.67. The highest BCUT2D eigenvalue weighted by atomic mass is 32.2. The zero-order valence-electron chi connectivity index (χ0n) is 10.7. The van der Waals surface area contributed by atoms with E-state index < -0.39 is 17.7 Å². The summed E-state index contributed by atoms with van der Waals surface area (Å²) in [6, 6.07) is 11.8. The molecule has 0 spiro atoms. The monoisotopic (exact) mass is 312 g/mol. The second kappa shape index (κ2) is 6.22. The van der Waals surface area contributed by atoms with Gasteiger partial charge >= 0.3 is 12.1 Å². The molecule has 0 heterocycles. The molecule has 0 amide bonds. The van der Waals surface area contributed by atoms with Gasteiger partial charge in [0, 0.05) is 9.79 Å². The lowest BCUT2D eigenvalue weighted by Gasteiger charge is -2.12. The summed E-state index contributed by atoms with van der Waals surface area (Å²) in [6.45, 7) is 0. The molecular formula is C15H11F3O2S. The van der Waals surface area contributed by atoms with Crippen LogP contribution < -0.4 is 0 Å². The summed E-state index contributed by atoms with van der Waals surface area (Å²) in [7, 11) is 0. The zero-order valence-corrected chi connectivity index (χ0v) is 11.5. The summed E-state index contributed by atoms with van der Waals surface area (Å²) in [6.07, 6.45) is -4.50. The van der Waals surface area contributed by atoms with Crippen LogP contribution in [-0.4, -0.2) is 11.1 Å². The molecule has 21 heavy (non-hydrogen) atoms. The lowest BCUT2D eigenvalue weighted by atomic mass is 10.2. The van der Waals surface area contributed by atoms with Crippen LogP contribution in [0.4, 0.5) is 13.2 Å². The van der Waals surface area contributed by atoms with Crippen molar-refractivity contribution in [1.29, 1.82) is 0 Å². The third-order valence-electron chi connectivity index (χ3n) is 2.70. The molecule has 0 atom stereocenters. The van der Waals surface area contributed by atoms with Gasteiger partial charge in [-0.25, -0.2) is 0 Å². The Morgan fingerprint density at radius 2 is 1.67 bits per heavy atom. The molecule has 0 saturated carbocycles. The zero-order chi connectivity index (χ0) is 15.5. The number of benzene rings is 2. The van der Waals surface area contributed by atoms with E-state index in [9.17, 15) is 18.0 Å². The predicted molar refractivity (Wildman–Crippen MR) is 73.3 cm³/mol. The Balaban J connectivity index is 2.21. The summed E-state index contributed by atoms with van der Waals surface area (Å²) in [4.78, 5) is 11.3. The Labute approximate surface area is 123 Å². The first-order valence-corrected chi connectivity index (χ1v) is 6.83. The fraction of sp³-hybridized carbons (Fsp3) is 0.133. The molecule has 0 saturated heterocycles. The second-order valence-corrected chi connectivity index (χ2v) is 5.43. The number of carboxylic acid groups (broad SMARTS) is 1. The Morgan fingerprint density at radius 1 is 1.05 bits per heavy atom. The summed E-state index contributed by atoms with van der Waals surface area (Å²) in [5.41, 5.74) is -0.0689. The Hall–Kier alpha value is -1.95. The average molecular weight is 312 g/mol. The summed E-state index contributed by atoms with van der Waals surface area (Å²) < 4.78 is 38.6. The van der Waals surface area contributed by atoms with E-state index in [1.807, 2.05) is 0 Å². The molecule has 0 bridgehead atoms. The van der Waals surface area contributed by atoms with Gasteiger partial charge in [-0.15, -0.1) is 0 Å². The van der Waals surface area contributed by atoms with Gasteiger partial charge in [0.05, 0.1) is 12.0 Å². The maximum absolute atomic E-state index is 12.9. The predicted octanol–water partition coefficient (Wildman–Crippen LogP) is 4.48. The van der Waals surface area contributed by atoms with Crippen LogP contribution in [0.15, 0.2) is 58.3 Å². The largest absolute Gasteiger partial charge is 0.481 e. The minimum Gasteiger partial charge on any atom is -0.481 e. The lowest BCUT2D eigenvalue weighted by molar-refractivity contribution is -0.140. The van der Waals surface area contributed by atoms with Crippen molar-refractivity contribution in [3.63, 3.8) is 0 Å². The van der Waals surface area contributed by atoms with Crippen LogP contribution in [0, 0.1) is 0 Å². The summed E-state index contributed by atoms with van der Waals surface area (Å²) >= 11 is 1.00. The normalized spacial score (nSPS) is 11.4. The molecule has 0 fully saturated rings. The standard InChI is InChI=1S/C15H11F3O2S/c16-15(17,18)12-3-1-2-4-13(12)21-11-7-5-10(6-8-11)9-14(19)20/h1-8H,9H2,(H,19,20). The molecule has 6 heteroatoms.